The number of benzene rings is 3. The largest absolute Gasteiger partial charge is 0.492 e. The summed E-state index contributed by atoms with van der Waals surface area (Å²) in [5.41, 5.74) is 6.27. The first kappa shape index (κ1) is 28.8. The predicted octanol–water partition coefficient (Wildman–Crippen LogP) is 5.63. The minimum absolute atomic E-state index is 0.0435. The number of hydrogen-bond donors (Lipinski definition) is 1. The number of fused-ring (bicyclic) bond motifs is 1. The Kier molecular flexibility index (Phi) is 9.37. The second-order valence-corrected chi connectivity index (χ2v) is 10.9. The van der Waals surface area contributed by atoms with Crippen molar-refractivity contribution in [3.05, 3.63) is 94.8 Å². The van der Waals surface area contributed by atoms with E-state index in [1.165, 1.54) is 5.56 Å². The molecule has 0 radical (unpaired) electrons. The first-order valence-electron chi connectivity index (χ1n) is 14.9. The van der Waals surface area contributed by atoms with Gasteiger partial charge in [-0.2, -0.15) is 0 Å². The van der Waals surface area contributed by atoms with Gasteiger partial charge in [-0.3, -0.25) is 9.69 Å². The van der Waals surface area contributed by atoms with Gasteiger partial charge in [-0.1, -0.05) is 42.5 Å². The summed E-state index contributed by atoms with van der Waals surface area (Å²) in [4.78, 5) is 21.9. The molecule has 3 aromatic carbocycles. The Balaban J connectivity index is 1.17. The van der Waals surface area contributed by atoms with Gasteiger partial charge in [-0.05, 0) is 74.6 Å². The van der Waals surface area contributed by atoms with Crippen LogP contribution in [0.5, 0.6) is 5.75 Å². The molecule has 1 amide bonds. The molecule has 7 nitrogen and oxygen atoms in total. The number of hydrogen-bond acceptors (Lipinski definition) is 5. The van der Waals surface area contributed by atoms with Gasteiger partial charge in [0.05, 0.1) is 11.0 Å². The molecule has 4 aromatic rings. The Hall–Kier alpha value is -3.68. The van der Waals surface area contributed by atoms with E-state index in [9.17, 15) is 9.90 Å². The molecule has 216 valence electrons. The van der Waals surface area contributed by atoms with Crippen LogP contribution in [0.25, 0.3) is 11.0 Å². The fourth-order valence-electron chi connectivity index (χ4n) is 6.08. The molecule has 1 fully saturated rings. The van der Waals surface area contributed by atoms with Crippen LogP contribution in [0.15, 0.2) is 66.7 Å². The standard InChI is InChI=1S/C34H42N4O3/c1-4-37(5-2)34(40)28-13-9-11-26(23-28)22-27-12-6-7-15-31(27)41-21-20-36-18-16-29(17-19-36)38-32(24-39)35-30-14-8-10-25(3)33(30)38/h6-15,23,29,39H,4-5,16-22,24H2,1-3H3. The number of rotatable bonds is 11. The van der Waals surface area contributed by atoms with Crippen molar-refractivity contribution < 1.29 is 14.6 Å². The topological polar surface area (TPSA) is 70.8 Å². The summed E-state index contributed by atoms with van der Waals surface area (Å²) in [6.45, 7) is 11.0. The molecule has 5 rings (SSSR count). The van der Waals surface area contributed by atoms with Crippen molar-refractivity contribution >= 4 is 16.9 Å². The average Bonchev–Trinajstić information content (AvgIpc) is 3.39. The molecule has 1 saturated heterocycles. The van der Waals surface area contributed by atoms with Gasteiger partial charge >= 0.3 is 0 Å². The van der Waals surface area contributed by atoms with E-state index >= 15 is 0 Å². The van der Waals surface area contributed by atoms with Gasteiger partial charge in [0.25, 0.3) is 5.91 Å². The Morgan fingerprint density at radius 1 is 1.02 bits per heavy atom. The molecule has 1 N–H and O–H groups in total. The number of ether oxygens (including phenoxy) is 1. The number of nitrogens with zero attached hydrogens (tertiary/aromatic N) is 4. The van der Waals surface area contributed by atoms with Crippen molar-refractivity contribution in [2.45, 2.75) is 52.7 Å². The molecular formula is C34H42N4O3. The van der Waals surface area contributed by atoms with Gasteiger partial charge in [0, 0.05) is 50.7 Å². The third-order valence-electron chi connectivity index (χ3n) is 8.31. The van der Waals surface area contributed by atoms with Gasteiger partial charge in [0.15, 0.2) is 0 Å². The van der Waals surface area contributed by atoms with Gasteiger partial charge < -0.3 is 19.3 Å². The summed E-state index contributed by atoms with van der Waals surface area (Å²) < 4.78 is 8.58. The normalized spacial score (nSPS) is 14.4. The van der Waals surface area contributed by atoms with Crippen molar-refractivity contribution in [2.24, 2.45) is 0 Å². The summed E-state index contributed by atoms with van der Waals surface area (Å²) in [6, 6.07) is 22.7. The molecule has 2 heterocycles. The number of aliphatic hydroxyl groups excluding tert-OH is 1. The highest BCUT2D eigenvalue weighted by Gasteiger charge is 2.25. The second-order valence-electron chi connectivity index (χ2n) is 10.9. The summed E-state index contributed by atoms with van der Waals surface area (Å²) in [5.74, 6) is 1.74. The summed E-state index contributed by atoms with van der Waals surface area (Å²) in [6.07, 6.45) is 2.75. The van der Waals surface area contributed by atoms with Gasteiger partial charge in [0.2, 0.25) is 0 Å². The highest BCUT2D eigenvalue weighted by molar-refractivity contribution is 5.94. The first-order chi connectivity index (χ1) is 20.0. The maximum Gasteiger partial charge on any atom is 0.253 e. The zero-order valence-electron chi connectivity index (χ0n) is 24.6. The fourth-order valence-corrected chi connectivity index (χ4v) is 6.08. The maximum atomic E-state index is 12.8. The third-order valence-corrected chi connectivity index (χ3v) is 8.31. The van der Waals surface area contributed by atoms with E-state index in [4.69, 9.17) is 9.72 Å². The number of aryl methyl sites for hydroxylation is 1. The minimum atomic E-state index is -0.0435. The molecule has 0 aliphatic carbocycles. The van der Waals surface area contributed by atoms with Crippen molar-refractivity contribution in [3.8, 4) is 5.75 Å². The maximum absolute atomic E-state index is 12.8. The minimum Gasteiger partial charge on any atom is -0.492 e. The van der Waals surface area contributed by atoms with Crippen LogP contribution in [-0.4, -0.2) is 69.7 Å². The Bertz CT molecular complexity index is 1470. The smallest absolute Gasteiger partial charge is 0.253 e. The molecule has 0 atom stereocenters. The lowest BCUT2D eigenvalue weighted by Crippen LogP contribution is -2.37. The van der Waals surface area contributed by atoms with Crippen LogP contribution in [0.3, 0.4) is 0 Å². The lowest BCUT2D eigenvalue weighted by Gasteiger charge is -2.33. The van der Waals surface area contributed by atoms with E-state index in [0.29, 0.717) is 32.2 Å². The van der Waals surface area contributed by atoms with Gasteiger partial charge in [-0.25, -0.2) is 4.98 Å². The lowest BCUT2D eigenvalue weighted by atomic mass is 10.0. The zero-order chi connectivity index (χ0) is 28.8. The van der Waals surface area contributed by atoms with Crippen LogP contribution in [0, 0.1) is 6.92 Å². The lowest BCUT2D eigenvalue weighted by molar-refractivity contribution is 0.0773. The molecule has 1 aliphatic rings. The molecular weight excluding hydrogens is 512 g/mol. The summed E-state index contributed by atoms with van der Waals surface area (Å²) >= 11 is 0. The van der Waals surface area contributed by atoms with Crippen LogP contribution >= 0.6 is 0 Å². The molecule has 1 aromatic heterocycles. The van der Waals surface area contributed by atoms with Gasteiger partial charge in [0.1, 0.15) is 24.8 Å². The molecule has 0 saturated carbocycles. The Morgan fingerprint density at radius 2 is 1.78 bits per heavy atom. The van der Waals surface area contributed by atoms with E-state index in [2.05, 4.69) is 34.6 Å². The zero-order valence-corrected chi connectivity index (χ0v) is 24.6. The van der Waals surface area contributed by atoms with Crippen LogP contribution in [-0.2, 0) is 13.0 Å². The number of piperidine rings is 1. The van der Waals surface area contributed by atoms with Crippen LogP contribution in [0.2, 0.25) is 0 Å². The molecule has 7 heteroatoms. The van der Waals surface area contributed by atoms with Crippen molar-refractivity contribution in [3.63, 3.8) is 0 Å². The van der Waals surface area contributed by atoms with E-state index < -0.39 is 0 Å². The first-order valence-corrected chi connectivity index (χ1v) is 14.9. The second kappa shape index (κ2) is 13.3. The quantitative estimate of drug-likeness (QED) is 0.260. The van der Waals surface area contributed by atoms with Crippen LogP contribution < -0.4 is 4.74 Å². The SMILES string of the molecule is CCN(CC)C(=O)c1cccc(Cc2ccccc2OCCN2CCC(n3c(CO)nc4cccc(C)c43)CC2)c1. The monoisotopic (exact) mass is 554 g/mol. The van der Waals surface area contributed by atoms with E-state index in [0.717, 1.165) is 71.8 Å². The van der Waals surface area contributed by atoms with Crippen molar-refractivity contribution in [1.82, 2.24) is 19.4 Å². The summed E-state index contributed by atoms with van der Waals surface area (Å²) in [5, 5.41) is 9.99. The Morgan fingerprint density at radius 3 is 2.54 bits per heavy atom. The average molecular weight is 555 g/mol. The number of imidazole rings is 1. The van der Waals surface area contributed by atoms with E-state index in [1.54, 1.807) is 0 Å². The number of carbonyl (C=O) groups is 1. The van der Waals surface area contributed by atoms with Crippen molar-refractivity contribution in [2.75, 3.05) is 39.3 Å². The predicted molar refractivity (Wildman–Crippen MR) is 164 cm³/mol. The van der Waals surface area contributed by atoms with Crippen LogP contribution in [0.4, 0.5) is 0 Å². The number of likely N-dealkylation sites (tertiary alicyclic amines) is 1. The highest BCUT2D eigenvalue weighted by Crippen LogP contribution is 2.31. The number of amides is 1. The van der Waals surface area contributed by atoms with E-state index in [1.807, 2.05) is 67.3 Å². The Labute approximate surface area is 243 Å². The molecule has 0 spiro atoms. The molecule has 0 unspecified atom stereocenters. The molecule has 0 bridgehead atoms. The molecule has 1 aliphatic heterocycles. The van der Waals surface area contributed by atoms with Crippen LogP contribution in [0.1, 0.15) is 65.6 Å². The van der Waals surface area contributed by atoms with Gasteiger partial charge in [-0.15, -0.1) is 0 Å². The number of aliphatic hydroxyl groups is 1. The third kappa shape index (κ3) is 6.47. The summed E-state index contributed by atoms with van der Waals surface area (Å²) in [7, 11) is 0. The number of carbonyl (C=O) groups excluding carboxylic acids is 1. The number of aromatic nitrogens is 2. The van der Waals surface area contributed by atoms with E-state index in [-0.39, 0.29) is 12.5 Å². The molecule has 41 heavy (non-hydrogen) atoms. The van der Waals surface area contributed by atoms with Crippen molar-refractivity contribution in [1.29, 1.82) is 0 Å². The fraction of sp³-hybridized carbons (Fsp3) is 0.412. The highest BCUT2D eigenvalue weighted by atomic mass is 16.5. The number of para-hydroxylation sites is 2.